The van der Waals surface area contributed by atoms with Crippen molar-refractivity contribution in [2.45, 2.75) is 18.9 Å². The second-order valence-electron chi connectivity index (χ2n) is 6.22. The van der Waals surface area contributed by atoms with Crippen LogP contribution in [0.2, 0.25) is 0 Å². The predicted molar refractivity (Wildman–Crippen MR) is 97.4 cm³/mol. The van der Waals surface area contributed by atoms with Crippen LogP contribution in [0.25, 0.3) is 11.0 Å². The molecule has 1 aliphatic rings. The summed E-state index contributed by atoms with van der Waals surface area (Å²) >= 11 is 0. The van der Waals surface area contributed by atoms with Crippen molar-refractivity contribution >= 4 is 28.5 Å². The third-order valence-corrected chi connectivity index (χ3v) is 4.19. The number of fused-ring (bicyclic) bond motifs is 1. The molecule has 1 fully saturated rings. The molecular formula is C20H16N2O4. The average Bonchev–Trinajstić information content (AvgIpc) is 3.46. The normalized spacial score (nSPS) is 13.4. The number of amides is 2. The van der Waals surface area contributed by atoms with E-state index in [0.29, 0.717) is 22.2 Å². The Hall–Kier alpha value is -3.41. The van der Waals surface area contributed by atoms with Gasteiger partial charge in [-0.05, 0) is 37.1 Å². The Bertz CT molecular complexity index is 1070. The van der Waals surface area contributed by atoms with Crippen molar-refractivity contribution in [1.29, 1.82) is 0 Å². The van der Waals surface area contributed by atoms with E-state index in [0.717, 1.165) is 18.9 Å². The highest BCUT2D eigenvalue weighted by Crippen LogP contribution is 2.22. The summed E-state index contributed by atoms with van der Waals surface area (Å²) < 4.78 is 5.54. The number of carbonyl (C=O) groups is 2. The number of benzene rings is 2. The molecule has 0 atom stereocenters. The Morgan fingerprint density at radius 2 is 1.69 bits per heavy atom. The molecule has 0 radical (unpaired) electrons. The van der Waals surface area contributed by atoms with Crippen LogP contribution in [0.1, 0.15) is 33.8 Å². The smallest absolute Gasteiger partial charge is 0.291 e. The van der Waals surface area contributed by atoms with Crippen LogP contribution >= 0.6 is 0 Å². The van der Waals surface area contributed by atoms with Crippen molar-refractivity contribution in [3.63, 3.8) is 0 Å². The fraction of sp³-hybridized carbons (Fsp3) is 0.150. The molecule has 4 rings (SSSR count). The van der Waals surface area contributed by atoms with E-state index in [1.165, 1.54) is 0 Å². The van der Waals surface area contributed by atoms with Gasteiger partial charge in [-0.25, -0.2) is 0 Å². The lowest BCUT2D eigenvalue weighted by molar-refractivity contribution is 0.0952. The summed E-state index contributed by atoms with van der Waals surface area (Å²) in [5, 5.41) is 5.96. The standard InChI is InChI=1S/C20H16N2O4/c23-16-11-18(26-17-8-4-2-6-14(16)17)20(25)22-15-7-3-1-5-13(15)19(24)21-12-9-10-12/h1-8,11-12H,9-10H2,(H,21,24)(H,22,25). The van der Waals surface area contributed by atoms with Gasteiger partial charge in [0, 0.05) is 12.1 Å². The van der Waals surface area contributed by atoms with Gasteiger partial charge in [-0.2, -0.15) is 0 Å². The summed E-state index contributed by atoms with van der Waals surface area (Å²) in [6.07, 6.45) is 1.95. The average molecular weight is 348 g/mol. The molecular weight excluding hydrogens is 332 g/mol. The van der Waals surface area contributed by atoms with Gasteiger partial charge in [-0.1, -0.05) is 24.3 Å². The second-order valence-corrected chi connectivity index (χ2v) is 6.22. The van der Waals surface area contributed by atoms with E-state index in [4.69, 9.17) is 4.42 Å². The molecule has 0 bridgehead atoms. The number of para-hydroxylation sites is 2. The maximum absolute atomic E-state index is 12.5. The van der Waals surface area contributed by atoms with Crippen LogP contribution in [0, 0.1) is 0 Å². The van der Waals surface area contributed by atoms with Crippen LogP contribution in [0.3, 0.4) is 0 Å². The molecule has 0 unspecified atom stereocenters. The molecule has 1 heterocycles. The largest absolute Gasteiger partial charge is 0.451 e. The van der Waals surface area contributed by atoms with Gasteiger partial charge in [0.2, 0.25) is 0 Å². The summed E-state index contributed by atoms with van der Waals surface area (Å²) in [5.41, 5.74) is 0.781. The van der Waals surface area contributed by atoms with Crippen molar-refractivity contribution in [3.05, 3.63) is 76.1 Å². The molecule has 2 N–H and O–H groups in total. The SMILES string of the molecule is O=C(Nc1ccccc1C(=O)NC1CC1)c1cc(=O)c2ccccc2o1. The Balaban J connectivity index is 1.62. The minimum atomic E-state index is -0.584. The molecule has 2 aromatic carbocycles. The number of carbonyl (C=O) groups excluding carboxylic acids is 2. The molecule has 130 valence electrons. The van der Waals surface area contributed by atoms with Gasteiger partial charge in [0.05, 0.1) is 16.6 Å². The molecule has 6 nitrogen and oxygen atoms in total. The highest BCUT2D eigenvalue weighted by molar-refractivity contribution is 6.08. The molecule has 1 aliphatic carbocycles. The maximum Gasteiger partial charge on any atom is 0.291 e. The highest BCUT2D eigenvalue weighted by Gasteiger charge is 2.25. The first kappa shape index (κ1) is 16.1. The van der Waals surface area contributed by atoms with Gasteiger partial charge in [0.1, 0.15) is 5.58 Å². The minimum absolute atomic E-state index is 0.105. The van der Waals surface area contributed by atoms with E-state index in [1.54, 1.807) is 48.5 Å². The first-order valence-corrected chi connectivity index (χ1v) is 8.36. The molecule has 3 aromatic rings. The minimum Gasteiger partial charge on any atom is -0.451 e. The summed E-state index contributed by atoms with van der Waals surface area (Å²) in [7, 11) is 0. The van der Waals surface area contributed by atoms with Gasteiger partial charge in [-0.15, -0.1) is 0 Å². The van der Waals surface area contributed by atoms with E-state index in [2.05, 4.69) is 10.6 Å². The number of nitrogens with one attached hydrogen (secondary N) is 2. The van der Waals surface area contributed by atoms with Crippen molar-refractivity contribution in [1.82, 2.24) is 5.32 Å². The lowest BCUT2D eigenvalue weighted by Gasteiger charge is -2.11. The van der Waals surface area contributed by atoms with Crippen LogP contribution in [-0.4, -0.2) is 17.9 Å². The van der Waals surface area contributed by atoms with Gasteiger partial charge < -0.3 is 15.1 Å². The van der Waals surface area contributed by atoms with Gasteiger partial charge in [-0.3, -0.25) is 14.4 Å². The Morgan fingerprint density at radius 3 is 2.50 bits per heavy atom. The zero-order valence-corrected chi connectivity index (χ0v) is 13.8. The summed E-state index contributed by atoms with van der Waals surface area (Å²) in [5.74, 6) is -0.922. The molecule has 0 spiro atoms. The number of hydrogen-bond donors (Lipinski definition) is 2. The summed E-state index contributed by atoms with van der Waals surface area (Å²) in [6, 6.07) is 14.8. The van der Waals surface area contributed by atoms with E-state index in [1.807, 2.05) is 0 Å². The van der Waals surface area contributed by atoms with E-state index >= 15 is 0 Å². The topological polar surface area (TPSA) is 88.4 Å². The summed E-state index contributed by atoms with van der Waals surface area (Å²) in [6.45, 7) is 0. The van der Waals surface area contributed by atoms with E-state index in [-0.39, 0.29) is 23.1 Å². The Morgan fingerprint density at radius 1 is 0.962 bits per heavy atom. The zero-order valence-electron chi connectivity index (χ0n) is 13.8. The Kier molecular flexibility index (Phi) is 4.01. The molecule has 0 aliphatic heterocycles. The first-order chi connectivity index (χ1) is 12.6. The second kappa shape index (κ2) is 6.48. The predicted octanol–water partition coefficient (Wildman–Crippen LogP) is 2.94. The van der Waals surface area contributed by atoms with E-state index < -0.39 is 5.91 Å². The molecule has 0 saturated heterocycles. The lowest BCUT2D eigenvalue weighted by atomic mass is 10.1. The zero-order chi connectivity index (χ0) is 18.1. The maximum atomic E-state index is 12.5. The first-order valence-electron chi connectivity index (χ1n) is 8.36. The number of rotatable bonds is 4. The highest BCUT2D eigenvalue weighted by atomic mass is 16.3. The molecule has 2 amide bonds. The van der Waals surface area contributed by atoms with Crippen LogP contribution in [-0.2, 0) is 0 Å². The van der Waals surface area contributed by atoms with Crippen LogP contribution in [0.15, 0.2) is 63.8 Å². The van der Waals surface area contributed by atoms with Crippen molar-refractivity contribution < 1.29 is 14.0 Å². The monoisotopic (exact) mass is 348 g/mol. The van der Waals surface area contributed by atoms with Gasteiger partial charge >= 0.3 is 0 Å². The van der Waals surface area contributed by atoms with Crippen molar-refractivity contribution in [2.75, 3.05) is 5.32 Å². The lowest BCUT2D eigenvalue weighted by Crippen LogP contribution is -2.27. The van der Waals surface area contributed by atoms with Crippen molar-refractivity contribution in [2.24, 2.45) is 0 Å². The van der Waals surface area contributed by atoms with Crippen molar-refractivity contribution in [3.8, 4) is 0 Å². The van der Waals surface area contributed by atoms with E-state index in [9.17, 15) is 14.4 Å². The number of anilines is 1. The van der Waals surface area contributed by atoms with Gasteiger partial charge in [0.25, 0.3) is 11.8 Å². The molecule has 1 saturated carbocycles. The quantitative estimate of drug-likeness (QED) is 0.759. The molecule has 1 aromatic heterocycles. The fourth-order valence-corrected chi connectivity index (χ4v) is 2.68. The fourth-order valence-electron chi connectivity index (χ4n) is 2.68. The Labute approximate surface area is 148 Å². The number of hydrogen-bond acceptors (Lipinski definition) is 4. The van der Waals surface area contributed by atoms with Gasteiger partial charge in [0.15, 0.2) is 11.2 Å². The third-order valence-electron chi connectivity index (χ3n) is 4.19. The van der Waals surface area contributed by atoms with Crippen LogP contribution in [0.5, 0.6) is 0 Å². The summed E-state index contributed by atoms with van der Waals surface area (Å²) in [4.78, 5) is 37.0. The molecule has 6 heteroatoms. The van der Waals surface area contributed by atoms with Crippen LogP contribution < -0.4 is 16.1 Å². The molecule has 26 heavy (non-hydrogen) atoms. The third kappa shape index (κ3) is 3.21. The van der Waals surface area contributed by atoms with Crippen LogP contribution in [0.4, 0.5) is 5.69 Å².